The molecule has 1 N–H and O–H groups in total. The van der Waals surface area contributed by atoms with Gasteiger partial charge in [0.05, 0.1) is 23.9 Å². The van der Waals surface area contributed by atoms with Crippen molar-refractivity contribution in [1.82, 2.24) is 9.78 Å². The number of rotatable bonds is 3. The maximum absolute atomic E-state index is 13.3. The maximum Gasteiger partial charge on any atom is 0.157 e. The van der Waals surface area contributed by atoms with Gasteiger partial charge in [0.2, 0.25) is 0 Å². The van der Waals surface area contributed by atoms with E-state index in [-0.39, 0.29) is 16.7 Å². The van der Waals surface area contributed by atoms with E-state index in [1.54, 1.807) is 10.9 Å². The normalized spacial score (nSPS) is 46.5. The van der Waals surface area contributed by atoms with Crippen LogP contribution in [0.15, 0.2) is 12.4 Å². The Kier molecular flexibility index (Phi) is 4.90. The van der Waals surface area contributed by atoms with Gasteiger partial charge in [-0.05, 0) is 99.2 Å². The standard InChI is InChI=1S/C26H37N3O2/c1-24-9-6-19-18(20(24)8-10-25(2,31)16-24)7-11-26(3)21(19)4-5-22(26)23(30)15-29-14-17(12-27)13-28-29/h13-14,18-22,31H,4-11,15-16H2,1-3H3/t18-,19+,20+,21-,22+,24+,25+,26-/m0/s1. The summed E-state index contributed by atoms with van der Waals surface area (Å²) in [5.41, 5.74) is 0.408. The zero-order valence-electron chi connectivity index (χ0n) is 19.3. The van der Waals surface area contributed by atoms with Gasteiger partial charge in [-0.15, -0.1) is 0 Å². The van der Waals surface area contributed by atoms with Gasteiger partial charge in [0.25, 0.3) is 0 Å². The Morgan fingerprint density at radius 1 is 1.13 bits per heavy atom. The van der Waals surface area contributed by atoms with Crippen molar-refractivity contribution in [3.05, 3.63) is 18.0 Å². The molecule has 4 aliphatic rings. The SMILES string of the molecule is C[C@@]1(O)CC[C@@H]2[C@H]3CC[C@]4(C)[C@@H](C(=O)Cn5cc(C#N)cn5)CC[C@H]4[C@@H]3CC[C@]2(C)C1. The second kappa shape index (κ2) is 7.17. The molecule has 0 aliphatic heterocycles. The van der Waals surface area contributed by atoms with Crippen molar-refractivity contribution in [2.45, 2.75) is 90.7 Å². The van der Waals surface area contributed by atoms with Crippen molar-refractivity contribution >= 4 is 5.78 Å². The van der Waals surface area contributed by atoms with Crippen LogP contribution in [0.25, 0.3) is 0 Å². The lowest BCUT2D eigenvalue weighted by Gasteiger charge is -2.60. The van der Waals surface area contributed by atoms with E-state index in [0.717, 1.165) is 49.9 Å². The van der Waals surface area contributed by atoms with E-state index in [1.165, 1.54) is 31.9 Å². The number of aromatic nitrogens is 2. The first-order valence-electron chi connectivity index (χ1n) is 12.3. The predicted molar refractivity (Wildman–Crippen MR) is 118 cm³/mol. The predicted octanol–water partition coefficient (Wildman–Crippen LogP) is 4.73. The molecule has 5 rings (SSSR count). The van der Waals surface area contributed by atoms with Gasteiger partial charge in [0.15, 0.2) is 5.78 Å². The molecule has 1 aromatic heterocycles. The Morgan fingerprint density at radius 3 is 2.61 bits per heavy atom. The van der Waals surface area contributed by atoms with Crippen molar-refractivity contribution in [2.75, 3.05) is 0 Å². The van der Waals surface area contributed by atoms with Gasteiger partial charge >= 0.3 is 0 Å². The lowest BCUT2D eigenvalue weighted by Crippen LogP contribution is -2.54. The highest BCUT2D eigenvalue weighted by Gasteiger charge is 2.60. The summed E-state index contributed by atoms with van der Waals surface area (Å²) in [4.78, 5) is 13.3. The Balaban J connectivity index is 1.33. The summed E-state index contributed by atoms with van der Waals surface area (Å²) in [6.45, 7) is 7.16. The largest absolute Gasteiger partial charge is 0.390 e. The van der Waals surface area contributed by atoms with E-state index in [2.05, 4.69) is 25.0 Å². The fourth-order valence-electron chi connectivity index (χ4n) is 8.94. The van der Waals surface area contributed by atoms with Crippen molar-refractivity contribution in [2.24, 2.45) is 40.4 Å². The van der Waals surface area contributed by atoms with Gasteiger partial charge in [-0.3, -0.25) is 9.48 Å². The van der Waals surface area contributed by atoms with Gasteiger partial charge in [0.1, 0.15) is 6.07 Å². The molecule has 0 radical (unpaired) electrons. The molecule has 0 amide bonds. The topological polar surface area (TPSA) is 78.9 Å². The Morgan fingerprint density at radius 2 is 1.87 bits per heavy atom. The van der Waals surface area contributed by atoms with Crippen LogP contribution in [-0.4, -0.2) is 26.3 Å². The van der Waals surface area contributed by atoms with Crippen LogP contribution in [0.1, 0.15) is 84.1 Å². The fraction of sp³-hybridized carbons (Fsp3) is 0.808. The number of aliphatic hydroxyl groups is 1. The van der Waals surface area contributed by atoms with Gasteiger partial charge in [-0.2, -0.15) is 10.4 Å². The number of hydrogen-bond donors (Lipinski definition) is 1. The van der Waals surface area contributed by atoms with E-state index < -0.39 is 5.60 Å². The molecule has 0 bridgehead atoms. The molecule has 5 heteroatoms. The number of carbonyl (C=O) groups is 1. The molecule has 1 aromatic rings. The van der Waals surface area contributed by atoms with Gasteiger partial charge in [-0.1, -0.05) is 13.8 Å². The van der Waals surface area contributed by atoms with E-state index >= 15 is 0 Å². The summed E-state index contributed by atoms with van der Waals surface area (Å²) in [6, 6.07) is 2.09. The quantitative estimate of drug-likeness (QED) is 0.762. The Hall–Kier alpha value is -1.67. The average Bonchev–Trinajstić information content (AvgIpc) is 3.29. The summed E-state index contributed by atoms with van der Waals surface area (Å²) < 4.78 is 1.64. The van der Waals surface area contributed by atoms with Gasteiger partial charge in [-0.25, -0.2) is 0 Å². The van der Waals surface area contributed by atoms with Crippen LogP contribution in [-0.2, 0) is 11.3 Å². The molecule has 1 heterocycles. The lowest BCUT2D eigenvalue weighted by atomic mass is 9.45. The van der Waals surface area contributed by atoms with Crippen LogP contribution in [0.5, 0.6) is 0 Å². The summed E-state index contributed by atoms with van der Waals surface area (Å²) in [6.07, 6.45) is 13.3. The number of nitrogens with zero attached hydrogens (tertiary/aromatic N) is 3. The number of Topliss-reactive ketones (excluding diaryl/α,β-unsaturated/α-hetero) is 1. The molecule has 5 nitrogen and oxygen atoms in total. The highest BCUT2D eigenvalue weighted by atomic mass is 16.3. The molecule has 4 aliphatic carbocycles. The van der Waals surface area contributed by atoms with Crippen molar-refractivity contribution in [3.8, 4) is 6.07 Å². The highest BCUT2D eigenvalue weighted by Crippen LogP contribution is 2.67. The third-order valence-electron chi connectivity index (χ3n) is 10.2. The molecular formula is C26H37N3O2. The first-order valence-corrected chi connectivity index (χ1v) is 12.3. The first-order chi connectivity index (χ1) is 14.7. The zero-order chi connectivity index (χ0) is 22.0. The average molecular weight is 424 g/mol. The van der Waals surface area contributed by atoms with Crippen LogP contribution in [0.2, 0.25) is 0 Å². The van der Waals surface area contributed by atoms with Gasteiger partial charge < -0.3 is 5.11 Å². The zero-order valence-corrected chi connectivity index (χ0v) is 19.3. The molecule has 0 spiro atoms. The molecular weight excluding hydrogens is 386 g/mol. The summed E-state index contributed by atoms with van der Waals surface area (Å²) in [5.74, 6) is 3.32. The molecule has 4 saturated carbocycles. The molecule has 0 unspecified atom stereocenters. The second-order valence-electron chi connectivity index (χ2n) is 12.1. The maximum atomic E-state index is 13.3. The molecule has 0 saturated heterocycles. The van der Waals surface area contributed by atoms with Crippen LogP contribution < -0.4 is 0 Å². The molecule has 4 fully saturated rings. The molecule has 8 atom stereocenters. The molecule has 168 valence electrons. The minimum Gasteiger partial charge on any atom is -0.390 e. The second-order valence-corrected chi connectivity index (χ2v) is 12.1. The summed E-state index contributed by atoms with van der Waals surface area (Å²) in [7, 11) is 0. The Bertz CT molecular complexity index is 914. The summed E-state index contributed by atoms with van der Waals surface area (Å²) >= 11 is 0. The van der Waals surface area contributed by atoms with E-state index in [9.17, 15) is 9.90 Å². The third-order valence-corrected chi connectivity index (χ3v) is 10.2. The number of carbonyl (C=O) groups excluding carboxylic acids is 1. The molecule has 0 aromatic carbocycles. The summed E-state index contributed by atoms with van der Waals surface area (Å²) in [5, 5.41) is 24.0. The number of hydrogen-bond acceptors (Lipinski definition) is 4. The Labute approximate surface area is 186 Å². The first kappa shape index (κ1) is 21.2. The van der Waals surface area contributed by atoms with E-state index in [4.69, 9.17) is 5.26 Å². The van der Waals surface area contributed by atoms with Crippen LogP contribution in [0.4, 0.5) is 0 Å². The fourth-order valence-corrected chi connectivity index (χ4v) is 8.94. The smallest absolute Gasteiger partial charge is 0.157 e. The number of fused-ring (bicyclic) bond motifs is 5. The third kappa shape index (κ3) is 3.37. The van der Waals surface area contributed by atoms with Crippen LogP contribution in [0.3, 0.4) is 0 Å². The monoisotopic (exact) mass is 423 g/mol. The highest BCUT2D eigenvalue weighted by molar-refractivity contribution is 5.82. The van der Waals surface area contributed by atoms with Gasteiger partial charge in [0, 0.05) is 12.1 Å². The van der Waals surface area contributed by atoms with Crippen molar-refractivity contribution in [3.63, 3.8) is 0 Å². The number of nitriles is 1. The van der Waals surface area contributed by atoms with Crippen LogP contribution in [0, 0.1) is 51.8 Å². The van der Waals surface area contributed by atoms with E-state index in [1.807, 2.05) is 6.92 Å². The molecule has 31 heavy (non-hydrogen) atoms. The van der Waals surface area contributed by atoms with Crippen molar-refractivity contribution in [1.29, 1.82) is 5.26 Å². The van der Waals surface area contributed by atoms with E-state index in [0.29, 0.717) is 23.8 Å². The lowest BCUT2D eigenvalue weighted by molar-refractivity contribution is -0.145. The van der Waals surface area contributed by atoms with Crippen LogP contribution >= 0.6 is 0 Å². The van der Waals surface area contributed by atoms with Crippen molar-refractivity contribution < 1.29 is 9.90 Å². The minimum absolute atomic E-state index is 0.108. The minimum atomic E-state index is -0.496. The number of ketones is 1.